The van der Waals surface area contributed by atoms with Crippen LogP contribution in [0.15, 0.2) is 47.5 Å². The molecular weight excluding hydrogens is 390 g/mol. The molecule has 3 heterocycles. The SMILES string of the molecule is CC(C)(C)n1ncc2c(=O)[nH]c(NC3CCCc4c3cnn4Cc3ccccc3)nc21. The molecule has 3 aromatic heterocycles. The number of nitrogens with one attached hydrogen (secondary N) is 2. The van der Waals surface area contributed by atoms with Gasteiger partial charge in [-0.1, -0.05) is 30.3 Å². The Kier molecular flexibility index (Phi) is 4.64. The quantitative estimate of drug-likeness (QED) is 0.529. The van der Waals surface area contributed by atoms with E-state index < -0.39 is 0 Å². The van der Waals surface area contributed by atoms with Crippen molar-refractivity contribution in [3.05, 3.63) is 69.9 Å². The Hall–Kier alpha value is -3.42. The summed E-state index contributed by atoms with van der Waals surface area (Å²) in [4.78, 5) is 20.2. The van der Waals surface area contributed by atoms with E-state index in [1.807, 2.05) is 33.0 Å². The number of nitrogens with zero attached hydrogens (tertiary/aromatic N) is 5. The average molecular weight is 418 g/mol. The van der Waals surface area contributed by atoms with E-state index in [1.54, 1.807) is 10.9 Å². The van der Waals surface area contributed by atoms with Crippen molar-refractivity contribution in [3.63, 3.8) is 0 Å². The minimum absolute atomic E-state index is 0.0554. The zero-order valence-corrected chi connectivity index (χ0v) is 18.1. The molecule has 4 aromatic rings. The summed E-state index contributed by atoms with van der Waals surface area (Å²) in [5, 5.41) is 13.0. The van der Waals surface area contributed by atoms with Crippen LogP contribution in [0.25, 0.3) is 11.0 Å². The summed E-state index contributed by atoms with van der Waals surface area (Å²) in [6.07, 6.45) is 6.55. The van der Waals surface area contributed by atoms with E-state index in [-0.39, 0.29) is 17.1 Å². The number of rotatable bonds is 4. The van der Waals surface area contributed by atoms with Crippen molar-refractivity contribution in [3.8, 4) is 0 Å². The lowest BCUT2D eigenvalue weighted by Gasteiger charge is -2.25. The van der Waals surface area contributed by atoms with Crippen LogP contribution in [0.5, 0.6) is 0 Å². The summed E-state index contributed by atoms with van der Waals surface area (Å²) < 4.78 is 3.89. The van der Waals surface area contributed by atoms with Crippen molar-refractivity contribution in [2.45, 2.75) is 58.2 Å². The van der Waals surface area contributed by atoms with Gasteiger partial charge in [0, 0.05) is 11.3 Å². The molecule has 0 fully saturated rings. The zero-order valence-electron chi connectivity index (χ0n) is 18.1. The molecular formula is C23H27N7O. The van der Waals surface area contributed by atoms with Crippen LogP contribution in [0, 0.1) is 0 Å². The van der Waals surface area contributed by atoms with Gasteiger partial charge in [-0.25, -0.2) is 4.68 Å². The van der Waals surface area contributed by atoms with Crippen molar-refractivity contribution < 1.29 is 0 Å². The van der Waals surface area contributed by atoms with Crippen molar-refractivity contribution in [1.29, 1.82) is 0 Å². The number of fused-ring (bicyclic) bond motifs is 2. The van der Waals surface area contributed by atoms with Crippen LogP contribution >= 0.6 is 0 Å². The van der Waals surface area contributed by atoms with E-state index in [0.29, 0.717) is 17.0 Å². The Morgan fingerprint density at radius 2 is 1.97 bits per heavy atom. The van der Waals surface area contributed by atoms with Gasteiger partial charge < -0.3 is 5.32 Å². The van der Waals surface area contributed by atoms with Gasteiger partial charge in [-0.15, -0.1) is 0 Å². The topological polar surface area (TPSA) is 93.4 Å². The number of H-pyrrole nitrogens is 1. The predicted molar refractivity (Wildman–Crippen MR) is 120 cm³/mol. The van der Waals surface area contributed by atoms with E-state index in [0.717, 1.165) is 25.8 Å². The second-order valence-corrected chi connectivity index (χ2v) is 9.16. The van der Waals surface area contributed by atoms with Crippen LogP contribution in [-0.2, 0) is 18.5 Å². The second kappa shape index (κ2) is 7.37. The Bertz CT molecular complexity index is 1280. The monoisotopic (exact) mass is 417 g/mol. The molecule has 8 nitrogen and oxygen atoms in total. The van der Waals surface area contributed by atoms with Gasteiger partial charge in [-0.3, -0.25) is 14.5 Å². The van der Waals surface area contributed by atoms with E-state index in [4.69, 9.17) is 4.98 Å². The smallest absolute Gasteiger partial charge is 0.263 e. The lowest BCUT2D eigenvalue weighted by molar-refractivity contribution is 0.366. The number of aromatic amines is 1. The highest BCUT2D eigenvalue weighted by Crippen LogP contribution is 2.32. The van der Waals surface area contributed by atoms with Crippen LogP contribution < -0.4 is 10.9 Å². The summed E-state index contributed by atoms with van der Waals surface area (Å²) in [7, 11) is 0. The maximum atomic E-state index is 12.6. The molecule has 1 aliphatic rings. The maximum Gasteiger partial charge on any atom is 0.263 e. The fraction of sp³-hybridized carbons (Fsp3) is 0.391. The molecule has 8 heteroatoms. The fourth-order valence-corrected chi connectivity index (χ4v) is 4.30. The third-order valence-corrected chi connectivity index (χ3v) is 5.82. The van der Waals surface area contributed by atoms with Gasteiger partial charge in [0.25, 0.3) is 5.56 Å². The van der Waals surface area contributed by atoms with Gasteiger partial charge in [0.2, 0.25) is 5.95 Å². The van der Waals surface area contributed by atoms with Crippen LogP contribution in [-0.4, -0.2) is 29.5 Å². The molecule has 0 bridgehead atoms. The van der Waals surface area contributed by atoms with Crippen molar-refractivity contribution in [2.24, 2.45) is 0 Å². The van der Waals surface area contributed by atoms with Crippen LogP contribution in [0.4, 0.5) is 5.95 Å². The summed E-state index contributed by atoms with van der Waals surface area (Å²) in [6, 6.07) is 10.4. The van der Waals surface area contributed by atoms with Crippen LogP contribution in [0.2, 0.25) is 0 Å². The Balaban J connectivity index is 1.46. The molecule has 0 saturated heterocycles. The first-order valence-corrected chi connectivity index (χ1v) is 10.7. The molecule has 31 heavy (non-hydrogen) atoms. The first-order valence-electron chi connectivity index (χ1n) is 10.7. The molecule has 2 N–H and O–H groups in total. The van der Waals surface area contributed by atoms with E-state index in [9.17, 15) is 4.79 Å². The largest absolute Gasteiger partial charge is 0.349 e. The highest BCUT2D eigenvalue weighted by atomic mass is 16.1. The van der Waals surface area contributed by atoms with Gasteiger partial charge in [-0.05, 0) is 45.6 Å². The molecule has 0 radical (unpaired) electrons. The molecule has 1 aromatic carbocycles. The normalized spacial score (nSPS) is 16.4. The molecule has 5 rings (SSSR count). The van der Waals surface area contributed by atoms with Crippen molar-refractivity contribution >= 4 is 17.0 Å². The Morgan fingerprint density at radius 3 is 2.74 bits per heavy atom. The van der Waals surface area contributed by atoms with Gasteiger partial charge in [-0.2, -0.15) is 15.2 Å². The highest BCUT2D eigenvalue weighted by Gasteiger charge is 2.26. The molecule has 1 unspecified atom stereocenters. The third-order valence-electron chi connectivity index (χ3n) is 5.82. The number of hydrogen-bond donors (Lipinski definition) is 2. The van der Waals surface area contributed by atoms with E-state index in [2.05, 4.69) is 49.4 Å². The minimum atomic E-state index is -0.267. The predicted octanol–water partition coefficient (Wildman–Crippen LogP) is 3.61. The van der Waals surface area contributed by atoms with Crippen LogP contribution in [0.1, 0.15) is 56.5 Å². The second-order valence-electron chi connectivity index (χ2n) is 9.16. The summed E-state index contributed by atoms with van der Waals surface area (Å²) in [5.41, 5.74) is 3.80. The van der Waals surface area contributed by atoms with Gasteiger partial charge >= 0.3 is 0 Å². The lowest BCUT2D eigenvalue weighted by Crippen LogP contribution is -2.25. The Morgan fingerprint density at radius 1 is 1.16 bits per heavy atom. The molecule has 1 aliphatic carbocycles. The average Bonchev–Trinajstić information content (AvgIpc) is 3.34. The van der Waals surface area contributed by atoms with Gasteiger partial charge in [0.05, 0.1) is 30.5 Å². The minimum Gasteiger partial charge on any atom is -0.349 e. The van der Waals surface area contributed by atoms with E-state index >= 15 is 0 Å². The van der Waals surface area contributed by atoms with Gasteiger partial charge in [0.1, 0.15) is 5.39 Å². The summed E-state index contributed by atoms with van der Waals surface area (Å²) >= 11 is 0. The first kappa shape index (κ1) is 19.5. The Labute approximate surface area is 180 Å². The molecule has 0 saturated carbocycles. The van der Waals surface area contributed by atoms with Crippen molar-refractivity contribution in [1.82, 2.24) is 29.5 Å². The third kappa shape index (κ3) is 3.62. The highest BCUT2D eigenvalue weighted by molar-refractivity contribution is 5.74. The van der Waals surface area contributed by atoms with E-state index in [1.165, 1.54) is 16.8 Å². The number of anilines is 1. The zero-order chi connectivity index (χ0) is 21.6. The molecule has 0 aliphatic heterocycles. The lowest BCUT2D eigenvalue weighted by atomic mass is 9.93. The standard InChI is InChI=1S/C23H27N7O/c1-23(2,3)30-20-17(13-25-30)21(31)28-22(27-20)26-18-10-7-11-19-16(18)12-24-29(19)14-15-8-5-4-6-9-15/h4-6,8-9,12-13,18H,7,10-11,14H2,1-3H3,(H2,26,27,28,31). The van der Waals surface area contributed by atoms with Crippen molar-refractivity contribution in [2.75, 3.05) is 5.32 Å². The summed E-state index contributed by atoms with van der Waals surface area (Å²) in [6.45, 7) is 6.90. The molecule has 0 spiro atoms. The number of aromatic nitrogens is 6. The van der Waals surface area contributed by atoms with Crippen LogP contribution in [0.3, 0.4) is 0 Å². The fourth-order valence-electron chi connectivity index (χ4n) is 4.30. The number of benzene rings is 1. The number of hydrogen-bond acceptors (Lipinski definition) is 5. The molecule has 0 amide bonds. The first-order chi connectivity index (χ1) is 14.9. The summed E-state index contributed by atoms with van der Waals surface area (Å²) in [5.74, 6) is 0.470. The maximum absolute atomic E-state index is 12.6. The van der Waals surface area contributed by atoms with Gasteiger partial charge in [0.15, 0.2) is 5.65 Å². The molecule has 1 atom stereocenters. The molecule has 160 valence electrons.